The average Bonchev–Trinajstić information content (AvgIpc) is 2.79. The number of rotatable bonds is 3. The van der Waals surface area contributed by atoms with Crippen LogP contribution in [0.2, 0.25) is 5.15 Å². The van der Waals surface area contributed by atoms with Gasteiger partial charge in [0.05, 0.1) is 5.56 Å². The van der Waals surface area contributed by atoms with Crippen molar-refractivity contribution >= 4 is 17.5 Å². The predicted molar refractivity (Wildman–Crippen MR) is 62.6 cm³/mol. The molecule has 0 spiro atoms. The molecule has 1 aromatic rings. The van der Waals surface area contributed by atoms with E-state index < -0.39 is 0 Å². The van der Waals surface area contributed by atoms with Crippen LogP contribution in [0.25, 0.3) is 0 Å². The number of amides is 1. The fourth-order valence-corrected chi connectivity index (χ4v) is 1.98. The van der Waals surface area contributed by atoms with Crippen LogP contribution >= 0.6 is 11.6 Å². The molecule has 1 saturated heterocycles. The highest BCUT2D eigenvalue weighted by atomic mass is 35.5. The number of carbonyl (C=O) groups is 1. The third-order valence-corrected chi connectivity index (χ3v) is 3.02. The predicted octanol–water partition coefficient (Wildman–Crippen LogP) is 1.07. The number of halogens is 1. The minimum Gasteiger partial charge on any atom is -0.352 e. The molecule has 0 saturated carbocycles. The first-order valence-electron chi connectivity index (χ1n) is 5.37. The number of pyridine rings is 1. The van der Waals surface area contributed by atoms with Crippen LogP contribution in [0.15, 0.2) is 18.3 Å². The van der Waals surface area contributed by atoms with Gasteiger partial charge in [0.25, 0.3) is 5.91 Å². The van der Waals surface area contributed by atoms with Gasteiger partial charge in [0.2, 0.25) is 0 Å². The average molecular weight is 240 g/mol. The molecule has 1 atom stereocenters. The monoisotopic (exact) mass is 239 g/mol. The van der Waals surface area contributed by atoms with E-state index in [0.29, 0.717) is 18.0 Å². The number of nitrogens with zero attached hydrogens (tertiary/aromatic N) is 1. The summed E-state index contributed by atoms with van der Waals surface area (Å²) in [7, 11) is 0. The molecule has 0 aromatic carbocycles. The molecule has 5 heteroatoms. The van der Waals surface area contributed by atoms with Crippen LogP contribution in [0.3, 0.4) is 0 Å². The van der Waals surface area contributed by atoms with Gasteiger partial charge < -0.3 is 10.6 Å². The molecule has 1 aliphatic heterocycles. The van der Waals surface area contributed by atoms with Crippen LogP contribution in [0.5, 0.6) is 0 Å². The fourth-order valence-electron chi connectivity index (χ4n) is 1.78. The van der Waals surface area contributed by atoms with Crippen molar-refractivity contribution in [2.45, 2.75) is 6.42 Å². The van der Waals surface area contributed by atoms with Crippen molar-refractivity contribution in [1.82, 2.24) is 15.6 Å². The van der Waals surface area contributed by atoms with Crippen molar-refractivity contribution in [3.8, 4) is 0 Å². The lowest BCUT2D eigenvalue weighted by Crippen LogP contribution is -2.30. The van der Waals surface area contributed by atoms with E-state index in [1.807, 2.05) is 0 Å². The lowest BCUT2D eigenvalue weighted by molar-refractivity contribution is 0.0948. The van der Waals surface area contributed by atoms with Crippen molar-refractivity contribution in [2.75, 3.05) is 19.6 Å². The molecule has 2 heterocycles. The molecule has 86 valence electrons. The van der Waals surface area contributed by atoms with Crippen molar-refractivity contribution in [3.63, 3.8) is 0 Å². The van der Waals surface area contributed by atoms with Gasteiger partial charge in [0.1, 0.15) is 5.15 Å². The topological polar surface area (TPSA) is 54.0 Å². The van der Waals surface area contributed by atoms with E-state index in [1.54, 1.807) is 18.3 Å². The van der Waals surface area contributed by atoms with E-state index in [1.165, 1.54) is 0 Å². The zero-order chi connectivity index (χ0) is 11.4. The molecule has 4 nitrogen and oxygen atoms in total. The summed E-state index contributed by atoms with van der Waals surface area (Å²) in [5, 5.41) is 6.39. The van der Waals surface area contributed by atoms with E-state index in [-0.39, 0.29) is 11.1 Å². The van der Waals surface area contributed by atoms with Gasteiger partial charge in [-0.15, -0.1) is 0 Å². The van der Waals surface area contributed by atoms with Gasteiger partial charge in [-0.3, -0.25) is 4.79 Å². The molecular weight excluding hydrogens is 226 g/mol. The highest BCUT2D eigenvalue weighted by Crippen LogP contribution is 2.12. The normalized spacial score (nSPS) is 19.7. The first-order valence-corrected chi connectivity index (χ1v) is 5.74. The van der Waals surface area contributed by atoms with Crippen molar-refractivity contribution in [1.29, 1.82) is 0 Å². The molecular formula is C11H14ClN3O. The van der Waals surface area contributed by atoms with Crippen LogP contribution in [-0.2, 0) is 0 Å². The Morgan fingerprint density at radius 1 is 1.69 bits per heavy atom. The summed E-state index contributed by atoms with van der Waals surface area (Å²) < 4.78 is 0. The summed E-state index contributed by atoms with van der Waals surface area (Å²) in [5.41, 5.74) is 0.440. The minimum atomic E-state index is -0.148. The molecule has 1 fully saturated rings. The van der Waals surface area contributed by atoms with Crippen LogP contribution in [0.1, 0.15) is 16.8 Å². The standard InChI is InChI=1S/C11H14ClN3O/c12-10-9(2-1-4-14-10)11(16)15-7-8-3-5-13-6-8/h1-2,4,8,13H,3,5-7H2,(H,15,16)/t8-/m1/s1. The van der Waals surface area contributed by atoms with Gasteiger partial charge in [-0.2, -0.15) is 0 Å². The molecule has 2 rings (SSSR count). The highest BCUT2D eigenvalue weighted by molar-refractivity contribution is 6.32. The second-order valence-corrected chi connectivity index (χ2v) is 4.27. The van der Waals surface area contributed by atoms with E-state index >= 15 is 0 Å². The van der Waals surface area contributed by atoms with Gasteiger partial charge in [0.15, 0.2) is 0 Å². The second-order valence-electron chi connectivity index (χ2n) is 3.91. The molecule has 16 heavy (non-hydrogen) atoms. The van der Waals surface area contributed by atoms with Crippen LogP contribution in [0, 0.1) is 5.92 Å². The van der Waals surface area contributed by atoms with E-state index in [9.17, 15) is 4.79 Å². The lowest BCUT2D eigenvalue weighted by atomic mass is 10.1. The number of carbonyl (C=O) groups excluding carboxylic acids is 1. The Hall–Kier alpha value is -1.13. The fraction of sp³-hybridized carbons (Fsp3) is 0.455. The zero-order valence-electron chi connectivity index (χ0n) is 8.87. The summed E-state index contributed by atoms with van der Waals surface area (Å²) in [5.74, 6) is 0.379. The number of hydrogen-bond acceptors (Lipinski definition) is 3. The quantitative estimate of drug-likeness (QED) is 0.776. The van der Waals surface area contributed by atoms with Gasteiger partial charge in [0, 0.05) is 12.7 Å². The van der Waals surface area contributed by atoms with Crippen LogP contribution < -0.4 is 10.6 Å². The maximum atomic E-state index is 11.8. The highest BCUT2D eigenvalue weighted by Gasteiger charge is 2.16. The Bertz CT molecular complexity index is 377. The van der Waals surface area contributed by atoms with Crippen molar-refractivity contribution < 1.29 is 4.79 Å². The number of nitrogens with one attached hydrogen (secondary N) is 2. The zero-order valence-corrected chi connectivity index (χ0v) is 9.63. The van der Waals surface area contributed by atoms with E-state index in [0.717, 1.165) is 19.5 Å². The Kier molecular flexibility index (Phi) is 3.74. The Labute approximate surface area is 99.4 Å². The van der Waals surface area contributed by atoms with Crippen molar-refractivity contribution in [2.24, 2.45) is 5.92 Å². The maximum Gasteiger partial charge on any atom is 0.254 e. The summed E-state index contributed by atoms with van der Waals surface area (Å²) in [6, 6.07) is 3.38. The second kappa shape index (κ2) is 5.27. The third-order valence-electron chi connectivity index (χ3n) is 2.72. The maximum absolute atomic E-state index is 11.8. The Morgan fingerprint density at radius 2 is 2.56 bits per heavy atom. The van der Waals surface area contributed by atoms with Crippen LogP contribution in [-0.4, -0.2) is 30.5 Å². The smallest absolute Gasteiger partial charge is 0.254 e. The largest absolute Gasteiger partial charge is 0.352 e. The lowest BCUT2D eigenvalue weighted by Gasteiger charge is -2.10. The van der Waals surface area contributed by atoms with Crippen LogP contribution in [0.4, 0.5) is 0 Å². The van der Waals surface area contributed by atoms with Gasteiger partial charge in [-0.1, -0.05) is 11.6 Å². The molecule has 1 amide bonds. The SMILES string of the molecule is O=C(NC[C@@H]1CCNC1)c1cccnc1Cl. The molecule has 0 unspecified atom stereocenters. The van der Waals surface area contributed by atoms with E-state index in [2.05, 4.69) is 15.6 Å². The first kappa shape index (κ1) is 11.4. The molecule has 0 radical (unpaired) electrons. The summed E-state index contributed by atoms with van der Waals surface area (Å²) in [4.78, 5) is 15.6. The third kappa shape index (κ3) is 2.71. The molecule has 0 bridgehead atoms. The van der Waals surface area contributed by atoms with Gasteiger partial charge >= 0.3 is 0 Å². The molecule has 2 N–H and O–H groups in total. The van der Waals surface area contributed by atoms with Gasteiger partial charge in [-0.25, -0.2) is 4.98 Å². The summed E-state index contributed by atoms with van der Waals surface area (Å²) in [6.07, 6.45) is 2.68. The minimum absolute atomic E-state index is 0.148. The molecule has 0 aliphatic carbocycles. The summed E-state index contributed by atoms with van der Waals surface area (Å²) >= 11 is 5.83. The van der Waals surface area contributed by atoms with E-state index in [4.69, 9.17) is 11.6 Å². The Morgan fingerprint density at radius 3 is 3.25 bits per heavy atom. The first-order chi connectivity index (χ1) is 7.77. The van der Waals surface area contributed by atoms with Gasteiger partial charge in [-0.05, 0) is 37.6 Å². The molecule has 1 aliphatic rings. The summed E-state index contributed by atoms with van der Waals surface area (Å²) in [6.45, 7) is 2.70. The van der Waals surface area contributed by atoms with Crippen molar-refractivity contribution in [3.05, 3.63) is 29.0 Å². The number of aromatic nitrogens is 1. The molecule has 1 aromatic heterocycles. The Balaban J connectivity index is 1.90. The number of hydrogen-bond donors (Lipinski definition) is 2.